The lowest BCUT2D eigenvalue weighted by molar-refractivity contribution is 0.0922. The second-order valence-corrected chi connectivity index (χ2v) is 6.25. The summed E-state index contributed by atoms with van der Waals surface area (Å²) in [6.45, 7) is 1.64. The third-order valence-electron chi connectivity index (χ3n) is 4.49. The van der Waals surface area contributed by atoms with Gasteiger partial charge in [0, 0.05) is 31.1 Å². The average molecular weight is 303 g/mol. The number of anilines is 1. The van der Waals surface area contributed by atoms with E-state index in [9.17, 15) is 4.79 Å². The molecule has 2 aliphatic rings. The van der Waals surface area contributed by atoms with Gasteiger partial charge in [-0.05, 0) is 37.8 Å². The normalized spacial score (nSPS) is 22.5. The van der Waals surface area contributed by atoms with E-state index in [4.69, 9.17) is 4.74 Å². The number of carbonyl (C=O) groups excluding carboxylic acids is 1. The van der Waals surface area contributed by atoms with E-state index in [1.54, 1.807) is 6.20 Å². The van der Waals surface area contributed by atoms with Crippen LogP contribution in [0.4, 0.5) is 5.69 Å². The van der Waals surface area contributed by atoms with E-state index in [1.807, 2.05) is 12.1 Å². The molecule has 1 saturated carbocycles. The highest BCUT2D eigenvalue weighted by molar-refractivity contribution is 5.93. The molecule has 0 radical (unpaired) electrons. The molecule has 2 N–H and O–H groups in total. The molecule has 1 saturated heterocycles. The van der Waals surface area contributed by atoms with Gasteiger partial charge in [0.05, 0.1) is 6.10 Å². The van der Waals surface area contributed by atoms with Crippen LogP contribution in [0.15, 0.2) is 18.3 Å². The largest absolute Gasteiger partial charge is 0.382 e. The molecule has 1 aromatic rings. The predicted molar refractivity (Wildman–Crippen MR) is 86.0 cm³/mol. The zero-order chi connectivity index (χ0) is 15.2. The number of rotatable bonds is 5. The number of carbonyl (C=O) groups is 1. The predicted octanol–water partition coefficient (Wildman–Crippen LogP) is 2.74. The standard InChI is InChI=1S/C17H25N3O2/c21-17(20-13-5-2-1-3-6-13)16-11-14(8-9-18-16)19-12-15-7-4-10-22-15/h8-9,11,13,15H,1-7,10,12H2,(H,18,19)(H,20,21). The molecule has 1 amide bonds. The topological polar surface area (TPSA) is 63.2 Å². The van der Waals surface area contributed by atoms with E-state index < -0.39 is 0 Å². The molecule has 120 valence electrons. The third-order valence-corrected chi connectivity index (χ3v) is 4.49. The van der Waals surface area contributed by atoms with Gasteiger partial charge in [-0.3, -0.25) is 9.78 Å². The molecule has 1 atom stereocenters. The van der Waals surface area contributed by atoms with Gasteiger partial charge in [0.1, 0.15) is 5.69 Å². The van der Waals surface area contributed by atoms with E-state index in [2.05, 4.69) is 15.6 Å². The summed E-state index contributed by atoms with van der Waals surface area (Å²) in [6.07, 6.45) is 10.1. The van der Waals surface area contributed by atoms with Crippen molar-refractivity contribution in [2.75, 3.05) is 18.5 Å². The second-order valence-electron chi connectivity index (χ2n) is 6.25. The van der Waals surface area contributed by atoms with Gasteiger partial charge >= 0.3 is 0 Å². The highest BCUT2D eigenvalue weighted by atomic mass is 16.5. The maximum atomic E-state index is 12.3. The number of ether oxygens (including phenoxy) is 1. The van der Waals surface area contributed by atoms with Crippen LogP contribution < -0.4 is 10.6 Å². The van der Waals surface area contributed by atoms with Crippen molar-refractivity contribution in [3.63, 3.8) is 0 Å². The Labute approximate surface area is 131 Å². The molecule has 1 aliphatic heterocycles. The number of nitrogens with one attached hydrogen (secondary N) is 2. The zero-order valence-corrected chi connectivity index (χ0v) is 13.0. The Bertz CT molecular complexity index is 494. The number of hydrogen-bond acceptors (Lipinski definition) is 4. The van der Waals surface area contributed by atoms with Gasteiger partial charge in [0.25, 0.3) is 5.91 Å². The molecule has 2 fully saturated rings. The molecule has 1 aromatic heterocycles. The van der Waals surface area contributed by atoms with Crippen LogP contribution >= 0.6 is 0 Å². The minimum absolute atomic E-state index is 0.0623. The van der Waals surface area contributed by atoms with Crippen LogP contribution in [0.5, 0.6) is 0 Å². The molecular formula is C17H25N3O2. The molecular weight excluding hydrogens is 278 g/mol. The molecule has 5 nitrogen and oxygen atoms in total. The van der Waals surface area contributed by atoms with Gasteiger partial charge in [-0.1, -0.05) is 19.3 Å². The second kappa shape index (κ2) is 7.58. The quantitative estimate of drug-likeness (QED) is 0.878. The van der Waals surface area contributed by atoms with Crippen LogP contribution in [0.3, 0.4) is 0 Å². The highest BCUT2D eigenvalue weighted by Crippen LogP contribution is 2.18. The van der Waals surface area contributed by atoms with E-state index in [0.29, 0.717) is 11.7 Å². The summed E-state index contributed by atoms with van der Waals surface area (Å²) < 4.78 is 5.60. The first-order valence-corrected chi connectivity index (χ1v) is 8.43. The molecule has 0 spiro atoms. The summed E-state index contributed by atoms with van der Waals surface area (Å²) in [5.41, 5.74) is 1.42. The Morgan fingerprint density at radius 1 is 1.23 bits per heavy atom. The van der Waals surface area contributed by atoms with E-state index in [1.165, 1.54) is 19.3 Å². The Hall–Kier alpha value is -1.62. The lowest BCUT2D eigenvalue weighted by Crippen LogP contribution is -2.36. The van der Waals surface area contributed by atoms with Gasteiger partial charge in [-0.25, -0.2) is 0 Å². The average Bonchev–Trinajstić information content (AvgIpc) is 3.08. The van der Waals surface area contributed by atoms with Crippen LogP contribution in [-0.2, 0) is 4.74 Å². The number of hydrogen-bond donors (Lipinski definition) is 2. The van der Waals surface area contributed by atoms with Crippen LogP contribution in [0.1, 0.15) is 55.4 Å². The third kappa shape index (κ3) is 4.19. The highest BCUT2D eigenvalue weighted by Gasteiger charge is 2.18. The number of pyridine rings is 1. The van der Waals surface area contributed by atoms with Gasteiger partial charge in [-0.2, -0.15) is 0 Å². The van der Waals surface area contributed by atoms with Crippen LogP contribution in [-0.4, -0.2) is 36.2 Å². The summed E-state index contributed by atoms with van der Waals surface area (Å²) in [5, 5.41) is 6.45. The Morgan fingerprint density at radius 2 is 2.09 bits per heavy atom. The van der Waals surface area contributed by atoms with Crippen molar-refractivity contribution in [3.05, 3.63) is 24.0 Å². The first-order valence-electron chi connectivity index (χ1n) is 8.43. The minimum atomic E-state index is -0.0623. The van der Waals surface area contributed by atoms with E-state index in [-0.39, 0.29) is 12.0 Å². The van der Waals surface area contributed by atoms with E-state index in [0.717, 1.165) is 44.5 Å². The maximum absolute atomic E-state index is 12.3. The number of aromatic nitrogens is 1. The van der Waals surface area contributed by atoms with Crippen LogP contribution in [0, 0.1) is 0 Å². The molecule has 2 heterocycles. The molecule has 3 rings (SSSR count). The minimum Gasteiger partial charge on any atom is -0.382 e. The van der Waals surface area contributed by atoms with Crippen molar-refractivity contribution in [1.29, 1.82) is 0 Å². The fourth-order valence-corrected chi connectivity index (χ4v) is 3.21. The fourth-order valence-electron chi connectivity index (χ4n) is 3.21. The smallest absolute Gasteiger partial charge is 0.270 e. The van der Waals surface area contributed by atoms with Crippen LogP contribution in [0.25, 0.3) is 0 Å². The summed E-state index contributed by atoms with van der Waals surface area (Å²) in [6, 6.07) is 4.03. The lowest BCUT2D eigenvalue weighted by atomic mass is 9.95. The maximum Gasteiger partial charge on any atom is 0.270 e. The SMILES string of the molecule is O=C(NC1CCCCC1)c1cc(NCC2CCCO2)ccn1. The van der Waals surface area contributed by atoms with Crippen molar-refractivity contribution in [3.8, 4) is 0 Å². The van der Waals surface area contributed by atoms with Crippen molar-refractivity contribution in [2.24, 2.45) is 0 Å². The first-order chi connectivity index (χ1) is 10.8. The molecule has 0 bridgehead atoms. The van der Waals surface area contributed by atoms with Gasteiger partial charge in [0.15, 0.2) is 0 Å². The molecule has 1 aliphatic carbocycles. The number of amides is 1. The van der Waals surface area contributed by atoms with Crippen LogP contribution in [0.2, 0.25) is 0 Å². The molecule has 5 heteroatoms. The van der Waals surface area contributed by atoms with Crippen molar-refractivity contribution >= 4 is 11.6 Å². The zero-order valence-electron chi connectivity index (χ0n) is 13.0. The van der Waals surface area contributed by atoms with Crippen molar-refractivity contribution in [1.82, 2.24) is 10.3 Å². The van der Waals surface area contributed by atoms with Crippen molar-refractivity contribution in [2.45, 2.75) is 57.1 Å². The summed E-state index contributed by atoms with van der Waals surface area (Å²) in [5.74, 6) is -0.0623. The van der Waals surface area contributed by atoms with Gasteiger partial charge < -0.3 is 15.4 Å². The lowest BCUT2D eigenvalue weighted by Gasteiger charge is -2.22. The fraction of sp³-hybridized carbons (Fsp3) is 0.647. The Morgan fingerprint density at radius 3 is 2.86 bits per heavy atom. The van der Waals surface area contributed by atoms with E-state index >= 15 is 0 Å². The summed E-state index contributed by atoms with van der Waals surface area (Å²) in [7, 11) is 0. The van der Waals surface area contributed by atoms with Crippen molar-refractivity contribution < 1.29 is 9.53 Å². The monoisotopic (exact) mass is 303 g/mol. The van der Waals surface area contributed by atoms with Gasteiger partial charge in [-0.15, -0.1) is 0 Å². The molecule has 1 unspecified atom stereocenters. The molecule has 22 heavy (non-hydrogen) atoms. The van der Waals surface area contributed by atoms with Gasteiger partial charge in [0.2, 0.25) is 0 Å². The Balaban J connectivity index is 1.53. The summed E-state index contributed by atoms with van der Waals surface area (Å²) in [4.78, 5) is 16.5. The first kappa shape index (κ1) is 15.3. The molecule has 0 aromatic carbocycles. The summed E-state index contributed by atoms with van der Waals surface area (Å²) >= 11 is 0. The Kier molecular flexibility index (Phi) is 5.27. The number of nitrogens with zero attached hydrogens (tertiary/aromatic N) is 1.